The van der Waals surface area contributed by atoms with Gasteiger partial charge in [0.2, 0.25) is 0 Å². The minimum absolute atomic E-state index is 0.137. The number of phenols is 2. The van der Waals surface area contributed by atoms with Crippen molar-refractivity contribution < 1.29 is 10.2 Å². The first-order chi connectivity index (χ1) is 10.1. The van der Waals surface area contributed by atoms with Crippen molar-refractivity contribution >= 4 is 11.6 Å². The number of halogens is 1. The highest BCUT2D eigenvalue weighted by Gasteiger charge is 2.27. The molecule has 0 aliphatic carbocycles. The maximum absolute atomic E-state index is 9.93. The van der Waals surface area contributed by atoms with Crippen molar-refractivity contribution in [3.63, 3.8) is 0 Å². The molecule has 110 valence electrons. The van der Waals surface area contributed by atoms with Crippen molar-refractivity contribution in [3.05, 3.63) is 58.1 Å². The molecular weight excluding hydrogens is 286 g/mol. The normalized spacial score (nSPS) is 19.0. The molecule has 4 heteroatoms. The molecule has 2 aromatic rings. The van der Waals surface area contributed by atoms with E-state index in [-0.39, 0.29) is 22.4 Å². The fourth-order valence-corrected chi connectivity index (χ4v) is 3.32. The van der Waals surface area contributed by atoms with Crippen LogP contribution in [0.3, 0.4) is 0 Å². The first kappa shape index (κ1) is 14.2. The van der Waals surface area contributed by atoms with Crippen LogP contribution in [0.2, 0.25) is 5.02 Å². The molecule has 0 bridgehead atoms. The molecule has 0 unspecified atom stereocenters. The van der Waals surface area contributed by atoms with E-state index in [1.54, 1.807) is 6.07 Å². The fourth-order valence-electron chi connectivity index (χ4n) is 3.02. The fraction of sp³-hybridized carbons (Fsp3) is 0.294. The van der Waals surface area contributed by atoms with E-state index in [1.165, 1.54) is 5.56 Å². The molecule has 1 heterocycles. The van der Waals surface area contributed by atoms with E-state index in [0.717, 1.165) is 30.6 Å². The van der Waals surface area contributed by atoms with Crippen LogP contribution in [0.1, 0.15) is 22.6 Å². The second-order valence-electron chi connectivity index (χ2n) is 5.60. The smallest absolute Gasteiger partial charge is 0.176 e. The number of aromatic hydroxyl groups is 2. The molecule has 1 atom stereocenters. The van der Waals surface area contributed by atoms with Gasteiger partial charge in [0.15, 0.2) is 11.5 Å². The Bertz CT molecular complexity index is 658. The summed E-state index contributed by atoms with van der Waals surface area (Å²) in [5.41, 5.74) is 3.13. The van der Waals surface area contributed by atoms with Crippen molar-refractivity contribution in [2.24, 2.45) is 0 Å². The summed E-state index contributed by atoms with van der Waals surface area (Å²) >= 11 is 6.26. The molecule has 3 nitrogen and oxygen atoms in total. The summed E-state index contributed by atoms with van der Waals surface area (Å²) in [6.45, 7) is 1.73. The lowest BCUT2D eigenvalue weighted by molar-refractivity contribution is 0.338. The zero-order valence-electron chi connectivity index (χ0n) is 11.9. The third kappa shape index (κ3) is 2.59. The highest BCUT2D eigenvalue weighted by atomic mass is 35.5. The van der Waals surface area contributed by atoms with Crippen LogP contribution in [-0.2, 0) is 6.42 Å². The predicted molar refractivity (Wildman–Crippen MR) is 84.3 cm³/mol. The number of hydrogen-bond acceptors (Lipinski definition) is 3. The monoisotopic (exact) mass is 303 g/mol. The number of phenolic OH excluding ortho intramolecular Hbond substituents is 2. The lowest BCUT2D eigenvalue weighted by Gasteiger charge is -2.22. The Morgan fingerprint density at radius 1 is 1.19 bits per heavy atom. The first-order valence-corrected chi connectivity index (χ1v) is 7.42. The number of rotatable bonds is 1. The summed E-state index contributed by atoms with van der Waals surface area (Å²) in [6, 6.07) is 11.9. The van der Waals surface area contributed by atoms with Crippen LogP contribution in [0.15, 0.2) is 36.4 Å². The Labute approximate surface area is 129 Å². The Morgan fingerprint density at radius 3 is 2.62 bits per heavy atom. The van der Waals surface area contributed by atoms with Crippen LogP contribution in [0.4, 0.5) is 0 Å². The molecule has 1 aliphatic heterocycles. The van der Waals surface area contributed by atoms with Crippen LogP contribution in [-0.4, -0.2) is 35.3 Å². The van der Waals surface area contributed by atoms with Crippen LogP contribution in [0.25, 0.3) is 0 Å². The van der Waals surface area contributed by atoms with Crippen molar-refractivity contribution in [1.29, 1.82) is 0 Å². The van der Waals surface area contributed by atoms with Crippen LogP contribution in [0, 0.1) is 0 Å². The van der Waals surface area contributed by atoms with Crippen molar-refractivity contribution in [1.82, 2.24) is 4.90 Å². The van der Waals surface area contributed by atoms with Crippen molar-refractivity contribution in [2.75, 3.05) is 20.1 Å². The molecule has 0 saturated carbocycles. The van der Waals surface area contributed by atoms with E-state index in [1.807, 2.05) is 18.2 Å². The number of nitrogens with zero attached hydrogens (tertiary/aromatic N) is 1. The Kier molecular flexibility index (Phi) is 3.79. The molecule has 2 N–H and O–H groups in total. The van der Waals surface area contributed by atoms with Gasteiger partial charge in [0, 0.05) is 19.0 Å². The Hall–Kier alpha value is -1.71. The molecule has 0 radical (unpaired) electrons. The number of likely N-dealkylation sites (N-methyl/N-ethyl adjacent to an activating group) is 1. The Balaban J connectivity index is 2.18. The largest absolute Gasteiger partial charge is 0.504 e. The zero-order chi connectivity index (χ0) is 15.0. The number of benzene rings is 2. The van der Waals surface area contributed by atoms with E-state index in [2.05, 4.69) is 24.1 Å². The van der Waals surface area contributed by atoms with E-state index < -0.39 is 0 Å². The number of hydrogen-bond donors (Lipinski definition) is 2. The van der Waals surface area contributed by atoms with Gasteiger partial charge in [-0.25, -0.2) is 0 Å². The predicted octanol–water partition coefficient (Wildman–Crippen LogP) is 3.37. The SMILES string of the molecule is CN1CCc2c(cc(O)c(O)c2Cl)[C@@H](c2ccccc2)C1. The van der Waals surface area contributed by atoms with Gasteiger partial charge in [0.05, 0.1) is 5.02 Å². The maximum Gasteiger partial charge on any atom is 0.176 e. The van der Waals surface area contributed by atoms with Gasteiger partial charge < -0.3 is 15.1 Å². The molecule has 0 saturated heterocycles. The van der Waals surface area contributed by atoms with Gasteiger partial charge in [-0.2, -0.15) is 0 Å². The van der Waals surface area contributed by atoms with Crippen LogP contribution < -0.4 is 0 Å². The summed E-state index contributed by atoms with van der Waals surface area (Å²) in [6.07, 6.45) is 0.766. The quantitative estimate of drug-likeness (QED) is 0.794. The average molecular weight is 304 g/mol. The average Bonchev–Trinajstić information content (AvgIpc) is 2.65. The van der Waals surface area contributed by atoms with Gasteiger partial charge in [-0.1, -0.05) is 41.9 Å². The topological polar surface area (TPSA) is 43.7 Å². The second-order valence-corrected chi connectivity index (χ2v) is 5.98. The second kappa shape index (κ2) is 5.58. The summed E-state index contributed by atoms with van der Waals surface area (Å²) in [5.74, 6) is -0.228. The van der Waals surface area contributed by atoms with E-state index in [4.69, 9.17) is 11.6 Å². The first-order valence-electron chi connectivity index (χ1n) is 7.04. The lowest BCUT2D eigenvalue weighted by atomic mass is 9.87. The van der Waals surface area contributed by atoms with E-state index in [0.29, 0.717) is 0 Å². The summed E-state index contributed by atoms with van der Waals surface area (Å²) < 4.78 is 0. The number of fused-ring (bicyclic) bond motifs is 1. The third-order valence-electron chi connectivity index (χ3n) is 4.17. The molecule has 21 heavy (non-hydrogen) atoms. The highest BCUT2D eigenvalue weighted by Crippen LogP contribution is 2.43. The molecule has 1 aliphatic rings. The standard InChI is InChI=1S/C17H18ClNO2/c1-19-8-7-12-13(9-15(20)17(21)16(12)18)14(10-19)11-5-3-2-4-6-11/h2-6,9,14,20-21H,7-8,10H2,1H3/t14-/m1/s1. The molecule has 3 rings (SSSR count). The summed E-state index contributed by atoms with van der Waals surface area (Å²) in [5, 5.41) is 20.1. The van der Waals surface area contributed by atoms with Crippen LogP contribution >= 0.6 is 11.6 Å². The van der Waals surface area contributed by atoms with Crippen LogP contribution in [0.5, 0.6) is 11.5 Å². The maximum atomic E-state index is 9.93. The van der Waals surface area contributed by atoms with Crippen molar-refractivity contribution in [3.8, 4) is 11.5 Å². The van der Waals surface area contributed by atoms with E-state index in [9.17, 15) is 10.2 Å². The minimum atomic E-state index is -0.216. The van der Waals surface area contributed by atoms with Gasteiger partial charge >= 0.3 is 0 Å². The van der Waals surface area contributed by atoms with Gasteiger partial charge in [-0.3, -0.25) is 0 Å². The lowest BCUT2D eigenvalue weighted by Crippen LogP contribution is -2.24. The summed E-state index contributed by atoms with van der Waals surface area (Å²) in [4.78, 5) is 2.25. The Morgan fingerprint density at radius 2 is 1.90 bits per heavy atom. The molecule has 0 spiro atoms. The van der Waals surface area contributed by atoms with E-state index >= 15 is 0 Å². The van der Waals surface area contributed by atoms with Gasteiger partial charge in [0.1, 0.15) is 0 Å². The zero-order valence-corrected chi connectivity index (χ0v) is 12.6. The molecular formula is C17H18ClNO2. The van der Waals surface area contributed by atoms with Gasteiger partial charge in [0.25, 0.3) is 0 Å². The third-order valence-corrected chi connectivity index (χ3v) is 4.58. The summed E-state index contributed by atoms with van der Waals surface area (Å²) in [7, 11) is 2.08. The minimum Gasteiger partial charge on any atom is -0.504 e. The highest BCUT2D eigenvalue weighted by molar-refractivity contribution is 6.33. The van der Waals surface area contributed by atoms with Crippen molar-refractivity contribution in [2.45, 2.75) is 12.3 Å². The van der Waals surface area contributed by atoms with Gasteiger partial charge in [-0.15, -0.1) is 0 Å². The van der Waals surface area contributed by atoms with Gasteiger partial charge in [-0.05, 0) is 36.2 Å². The molecule has 0 fully saturated rings. The molecule has 0 aromatic heterocycles. The molecule has 2 aromatic carbocycles. The molecule has 0 amide bonds.